The standard InChI is InChI=1S/C14H20BrN5/c1-4-10(5-2)9(3)20-14(17-18-19-20)11-6-7-12(15)13(16)8-11/h6-10H,4-5,16H2,1-3H3. The van der Waals surface area contributed by atoms with Crippen molar-refractivity contribution in [2.45, 2.75) is 39.7 Å². The van der Waals surface area contributed by atoms with E-state index in [1.165, 1.54) is 0 Å². The zero-order chi connectivity index (χ0) is 14.7. The van der Waals surface area contributed by atoms with Crippen LogP contribution in [-0.4, -0.2) is 20.2 Å². The maximum Gasteiger partial charge on any atom is 0.182 e. The van der Waals surface area contributed by atoms with Gasteiger partial charge in [0.1, 0.15) is 0 Å². The summed E-state index contributed by atoms with van der Waals surface area (Å²) in [6.45, 7) is 6.57. The maximum atomic E-state index is 5.94. The Morgan fingerprint density at radius 1 is 1.30 bits per heavy atom. The van der Waals surface area contributed by atoms with Gasteiger partial charge in [0.25, 0.3) is 0 Å². The quantitative estimate of drug-likeness (QED) is 0.845. The third-order valence-electron chi connectivity index (χ3n) is 3.86. The van der Waals surface area contributed by atoms with Crippen LogP contribution in [0.15, 0.2) is 22.7 Å². The lowest BCUT2D eigenvalue weighted by Gasteiger charge is -2.22. The first kappa shape index (κ1) is 15.0. The largest absolute Gasteiger partial charge is 0.398 e. The lowest BCUT2D eigenvalue weighted by atomic mass is 9.95. The molecule has 1 aromatic carbocycles. The Hall–Kier alpha value is -1.43. The van der Waals surface area contributed by atoms with E-state index in [1.54, 1.807) is 0 Å². The number of benzene rings is 1. The molecule has 0 fully saturated rings. The van der Waals surface area contributed by atoms with Gasteiger partial charge in [-0.15, -0.1) is 5.10 Å². The van der Waals surface area contributed by atoms with E-state index in [0.29, 0.717) is 11.6 Å². The molecule has 1 aromatic heterocycles. The molecule has 0 radical (unpaired) electrons. The molecule has 0 aliphatic heterocycles. The molecular weight excluding hydrogens is 318 g/mol. The van der Waals surface area contributed by atoms with Crippen LogP contribution in [0.25, 0.3) is 11.4 Å². The van der Waals surface area contributed by atoms with Gasteiger partial charge in [-0.25, -0.2) is 4.68 Å². The number of rotatable bonds is 5. The minimum atomic E-state index is 0.264. The second-order valence-electron chi connectivity index (χ2n) is 5.00. The van der Waals surface area contributed by atoms with Gasteiger partial charge in [-0.1, -0.05) is 26.7 Å². The van der Waals surface area contributed by atoms with E-state index in [2.05, 4.69) is 52.2 Å². The van der Waals surface area contributed by atoms with Crippen molar-refractivity contribution in [1.29, 1.82) is 0 Å². The van der Waals surface area contributed by atoms with Crippen molar-refractivity contribution in [2.75, 3.05) is 5.73 Å². The molecule has 20 heavy (non-hydrogen) atoms. The molecule has 1 atom stereocenters. The highest BCUT2D eigenvalue weighted by Crippen LogP contribution is 2.30. The number of anilines is 1. The Bertz CT molecular complexity index is 577. The number of hydrogen-bond donors (Lipinski definition) is 1. The first-order valence-corrected chi connectivity index (χ1v) is 7.71. The Morgan fingerprint density at radius 3 is 2.60 bits per heavy atom. The van der Waals surface area contributed by atoms with Gasteiger partial charge in [0.05, 0.1) is 6.04 Å². The monoisotopic (exact) mass is 337 g/mol. The summed E-state index contributed by atoms with van der Waals surface area (Å²) in [4.78, 5) is 0. The molecule has 0 aliphatic carbocycles. The number of nitrogens with two attached hydrogens (primary N) is 1. The van der Waals surface area contributed by atoms with Gasteiger partial charge in [0.2, 0.25) is 0 Å². The summed E-state index contributed by atoms with van der Waals surface area (Å²) < 4.78 is 2.79. The lowest BCUT2D eigenvalue weighted by Crippen LogP contribution is -2.18. The Balaban J connectivity index is 2.39. The van der Waals surface area contributed by atoms with Crippen molar-refractivity contribution in [3.8, 4) is 11.4 Å². The molecule has 1 unspecified atom stereocenters. The zero-order valence-electron chi connectivity index (χ0n) is 12.0. The van der Waals surface area contributed by atoms with Crippen molar-refractivity contribution in [1.82, 2.24) is 20.2 Å². The van der Waals surface area contributed by atoms with Crippen molar-refractivity contribution < 1.29 is 0 Å². The zero-order valence-corrected chi connectivity index (χ0v) is 13.6. The van der Waals surface area contributed by atoms with Gasteiger partial charge in [-0.3, -0.25) is 0 Å². The van der Waals surface area contributed by atoms with Crippen LogP contribution in [0.5, 0.6) is 0 Å². The highest BCUT2D eigenvalue weighted by atomic mass is 79.9. The van der Waals surface area contributed by atoms with Crippen molar-refractivity contribution >= 4 is 21.6 Å². The molecule has 0 amide bonds. The van der Waals surface area contributed by atoms with Crippen LogP contribution in [0.3, 0.4) is 0 Å². The van der Waals surface area contributed by atoms with E-state index in [1.807, 2.05) is 22.9 Å². The molecular formula is C14H20BrN5. The van der Waals surface area contributed by atoms with E-state index < -0.39 is 0 Å². The van der Waals surface area contributed by atoms with E-state index in [-0.39, 0.29) is 6.04 Å². The van der Waals surface area contributed by atoms with E-state index in [0.717, 1.165) is 28.7 Å². The highest BCUT2D eigenvalue weighted by Gasteiger charge is 2.21. The predicted octanol–water partition coefficient (Wildman–Crippen LogP) is 3.68. The highest BCUT2D eigenvalue weighted by molar-refractivity contribution is 9.10. The van der Waals surface area contributed by atoms with Crippen LogP contribution < -0.4 is 5.73 Å². The Kier molecular flexibility index (Phi) is 4.75. The average Bonchev–Trinajstić information content (AvgIpc) is 2.92. The summed E-state index contributed by atoms with van der Waals surface area (Å²) in [5, 5.41) is 12.2. The number of nitrogen functional groups attached to an aromatic ring is 1. The van der Waals surface area contributed by atoms with Gasteiger partial charge in [0, 0.05) is 15.7 Å². The second kappa shape index (κ2) is 6.35. The molecule has 2 rings (SSSR count). The third-order valence-corrected chi connectivity index (χ3v) is 4.59. The van der Waals surface area contributed by atoms with Crippen LogP contribution >= 0.6 is 15.9 Å². The number of tetrazole rings is 1. The molecule has 108 valence electrons. The molecule has 0 aliphatic rings. The van der Waals surface area contributed by atoms with Crippen LogP contribution in [-0.2, 0) is 0 Å². The molecule has 0 saturated carbocycles. The van der Waals surface area contributed by atoms with Crippen LogP contribution in [0.1, 0.15) is 39.7 Å². The molecule has 2 aromatic rings. The van der Waals surface area contributed by atoms with Crippen LogP contribution in [0.4, 0.5) is 5.69 Å². The third kappa shape index (κ3) is 2.85. The van der Waals surface area contributed by atoms with Crippen molar-refractivity contribution in [2.24, 2.45) is 5.92 Å². The van der Waals surface area contributed by atoms with E-state index in [9.17, 15) is 0 Å². The molecule has 2 N–H and O–H groups in total. The summed E-state index contributed by atoms with van der Waals surface area (Å²) in [5.41, 5.74) is 7.57. The molecule has 1 heterocycles. The normalized spacial score (nSPS) is 12.8. The number of nitrogens with zero attached hydrogens (tertiary/aromatic N) is 4. The topological polar surface area (TPSA) is 69.6 Å². The van der Waals surface area contributed by atoms with Crippen molar-refractivity contribution in [3.05, 3.63) is 22.7 Å². The molecule has 0 saturated heterocycles. The van der Waals surface area contributed by atoms with Crippen molar-refractivity contribution in [3.63, 3.8) is 0 Å². The van der Waals surface area contributed by atoms with Gasteiger partial charge in [-0.05, 0) is 57.4 Å². The molecule has 6 heteroatoms. The average molecular weight is 338 g/mol. The molecule has 5 nitrogen and oxygen atoms in total. The number of aromatic nitrogens is 4. The van der Waals surface area contributed by atoms with Gasteiger partial charge < -0.3 is 5.73 Å². The van der Waals surface area contributed by atoms with E-state index >= 15 is 0 Å². The summed E-state index contributed by atoms with van der Waals surface area (Å²) in [6.07, 6.45) is 2.22. The van der Waals surface area contributed by atoms with Gasteiger partial charge in [0.15, 0.2) is 5.82 Å². The maximum absolute atomic E-state index is 5.94. The fourth-order valence-electron chi connectivity index (χ4n) is 2.51. The fourth-order valence-corrected chi connectivity index (χ4v) is 2.76. The van der Waals surface area contributed by atoms with Crippen LogP contribution in [0.2, 0.25) is 0 Å². The molecule has 0 bridgehead atoms. The summed E-state index contributed by atoms with van der Waals surface area (Å²) in [6, 6.07) is 6.06. The lowest BCUT2D eigenvalue weighted by molar-refractivity contribution is 0.309. The fraction of sp³-hybridized carbons (Fsp3) is 0.500. The first-order valence-electron chi connectivity index (χ1n) is 6.91. The van der Waals surface area contributed by atoms with E-state index in [4.69, 9.17) is 5.73 Å². The van der Waals surface area contributed by atoms with Crippen LogP contribution in [0, 0.1) is 5.92 Å². The van der Waals surface area contributed by atoms with Gasteiger partial charge >= 0.3 is 0 Å². The minimum absolute atomic E-state index is 0.264. The molecule has 0 spiro atoms. The predicted molar refractivity (Wildman–Crippen MR) is 84.1 cm³/mol. The summed E-state index contributed by atoms with van der Waals surface area (Å²) in [7, 11) is 0. The van der Waals surface area contributed by atoms with Gasteiger partial charge in [-0.2, -0.15) is 0 Å². The number of halogens is 1. The summed E-state index contributed by atoms with van der Waals surface area (Å²) >= 11 is 3.40. The second-order valence-corrected chi connectivity index (χ2v) is 5.85. The Labute approximate surface area is 127 Å². The Morgan fingerprint density at radius 2 is 2.00 bits per heavy atom. The minimum Gasteiger partial charge on any atom is -0.398 e. The first-order chi connectivity index (χ1) is 9.58. The SMILES string of the molecule is CCC(CC)C(C)n1nnnc1-c1ccc(Br)c(N)c1. The smallest absolute Gasteiger partial charge is 0.182 e. The number of hydrogen-bond acceptors (Lipinski definition) is 4. The summed E-state index contributed by atoms with van der Waals surface area (Å²) in [5.74, 6) is 1.33.